The highest BCUT2D eigenvalue weighted by Gasteiger charge is 2.25. The molecule has 1 fully saturated rings. The lowest BCUT2D eigenvalue weighted by Crippen LogP contribution is -2.19. The number of hydrogen-bond acceptors (Lipinski definition) is 3. The van der Waals surface area contributed by atoms with Gasteiger partial charge in [0, 0.05) is 16.9 Å². The van der Waals surface area contributed by atoms with Crippen molar-refractivity contribution < 1.29 is 4.79 Å². The van der Waals surface area contributed by atoms with Crippen LogP contribution < -0.4 is 5.32 Å². The summed E-state index contributed by atoms with van der Waals surface area (Å²) in [5, 5.41) is 3.52. The Kier molecular flexibility index (Phi) is 5.95. The van der Waals surface area contributed by atoms with Gasteiger partial charge in [0.05, 0.1) is 16.3 Å². The van der Waals surface area contributed by atoms with Crippen molar-refractivity contribution in [1.82, 2.24) is 9.88 Å². The van der Waals surface area contributed by atoms with Gasteiger partial charge in [-0.2, -0.15) is 0 Å². The van der Waals surface area contributed by atoms with Gasteiger partial charge in [0.15, 0.2) is 5.17 Å². The first-order valence-corrected chi connectivity index (χ1v) is 12.0. The maximum Gasteiger partial charge on any atom is 0.264 e. The first-order chi connectivity index (χ1) is 16.5. The number of para-hydroxylation sites is 1. The van der Waals surface area contributed by atoms with E-state index in [1.54, 1.807) is 0 Å². The van der Waals surface area contributed by atoms with Crippen molar-refractivity contribution in [3.8, 4) is 16.9 Å². The van der Waals surface area contributed by atoms with E-state index in [9.17, 15) is 4.79 Å². The van der Waals surface area contributed by atoms with E-state index in [-0.39, 0.29) is 5.91 Å². The summed E-state index contributed by atoms with van der Waals surface area (Å²) < 4.78 is 2.24. The second-order valence-electron chi connectivity index (χ2n) is 8.45. The van der Waals surface area contributed by atoms with E-state index in [2.05, 4.69) is 58.2 Å². The van der Waals surface area contributed by atoms with Gasteiger partial charge in [-0.15, -0.1) is 0 Å². The van der Waals surface area contributed by atoms with Gasteiger partial charge in [0.25, 0.3) is 5.91 Å². The van der Waals surface area contributed by atoms with Crippen LogP contribution in [0.15, 0.2) is 94.8 Å². The zero-order valence-corrected chi connectivity index (χ0v) is 20.2. The average molecular weight is 464 g/mol. The van der Waals surface area contributed by atoms with Gasteiger partial charge in [-0.1, -0.05) is 54.6 Å². The number of rotatable bonds is 4. The number of benzene rings is 3. The van der Waals surface area contributed by atoms with E-state index in [4.69, 9.17) is 0 Å². The molecule has 1 aromatic heterocycles. The molecule has 5 heteroatoms. The molecule has 1 amide bonds. The smallest absolute Gasteiger partial charge is 0.264 e. The number of aliphatic imine (C=N–C) groups is 1. The molecular formula is C29H25N3OS. The van der Waals surface area contributed by atoms with Crippen molar-refractivity contribution in [3.63, 3.8) is 0 Å². The molecule has 34 heavy (non-hydrogen) atoms. The normalized spacial score (nSPS) is 15.8. The summed E-state index contributed by atoms with van der Waals surface area (Å²) in [6, 6.07) is 28.9. The lowest BCUT2D eigenvalue weighted by molar-refractivity contribution is -0.115. The maximum atomic E-state index is 12.8. The Balaban J connectivity index is 1.57. The van der Waals surface area contributed by atoms with Crippen LogP contribution in [0.25, 0.3) is 23.0 Å². The molecule has 2 heterocycles. The number of aryl methyl sites for hydroxylation is 3. The molecule has 168 valence electrons. The number of aromatic nitrogens is 1. The Morgan fingerprint density at radius 1 is 0.853 bits per heavy atom. The fraction of sp³-hybridized carbons (Fsp3) is 0.103. The van der Waals surface area contributed by atoms with Crippen LogP contribution >= 0.6 is 11.8 Å². The molecule has 0 unspecified atom stereocenters. The van der Waals surface area contributed by atoms with Crippen molar-refractivity contribution in [2.24, 2.45) is 4.99 Å². The van der Waals surface area contributed by atoms with Crippen molar-refractivity contribution in [1.29, 1.82) is 0 Å². The summed E-state index contributed by atoms with van der Waals surface area (Å²) in [6.07, 6.45) is 1.97. The van der Waals surface area contributed by atoms with Crippen LogP contribution in [-0.4, -0.2) is 15.6 Å². The Morgan fingerprint density at radius 3 is 2.18 bits per heavy atom. The summed E-state index contributed by atoms with van der Waals surface area (Å²) in [5.41, 5.74) is 8.48. The molecule has 0 radical (unpaired) electrons. The van der Waals surface area contributed by atoms with Crippen LogP contribution in [0, 0.1) is 20.8 Å². The SMILES string of the molecule is Cc1cc(C)cc(N=C2NC(=O)/C(=C/c3cc(C)n(-c4ccccc4)c3-c3ccccc3)S2)c1. The van der Waals surface area contributed by atoms with Gasteiger partial charge in [-0.25, -0.2) is 4.99 Å². The van der Waals surface area contributed by atoms with E-state index in [0.29, 0.717) is 10.1 Å². The Hall–Kier alpha value is -3.83. The topological polar surface area (TPSA) is 46.4 Å². The minimum atomic E-state index is -0.128. The van der Waals surface area contributed by atoms with E-state index >= 15 is 0 Å². The van der Waals surface area contributed by atoms with Crippen molar-refractivity contribution in [3.05, 3.63) is 112 Å². The van der Waals surface area contributed by atoms with Crippen LogP contribution in [0.5, 0.6) is 0 Å². The molecule has 1 aliphatic heterocycles. The Labute approximate surface area is 204 Å². The van der Waals surface area contributed by atoms with Crippen LogP contribution in [0.2, 0.25) is 0 Å². The monoisotopic (exact) mass is 463 g/mol. The van der Waals surface area contributed by atoms with Crippen molar-refractivity contribution in [2.45, 2.75) is 20.8 Å². The molecule has 0 bridgehead atoms. The molecule has 4 aromatic rings. The summed E-state index contributed by atoms with van der Waals surface area (Å²) in [5.74, 6) is -0.128. The zero-order valence-electron chi connectivity index (χ0n) is 19.4. The molecule has 1 aliphatic rings. The third-order valence-corrected chi connectivity index (χ3v) is 6.56. The number of amides is 1. The Morgan fingerprint density at radius 2 is 1.50 bits per heavy atom. The predicted octanol–water partition coefficient (Wildman–Crippen LogP) is 6.96. The summed E-state index contributed by atoms with van der Waals surface area (Å²) in [4.78, 5) is 18.1. The average Bonchev–Trinajstić information content (AvgIpc) is 3.32. The van der Waals surface area contributed by atoms with Gasteiger partial charge in [0.1, 0.15) is 0 Å². The highest BCUT2D eigenvalue weighted by atomic mass is 32.2. The second-order valence-corrected chi connectivity index (χ2v) is 9.48. The largest absolute Gasteiger partial charge is 0.313 e. The molecule has 0 atom stereocenters. The quantitative estimate of drug-likeness (QED) is 0.333. The first-order valence-electron chi connectivity index (χ1n) is 11.2. The van der Waals surface area contributed by atoms with Crippen LogP contribution in [0.3, 0.4) is 0 Å². The van der Waals surface area contributed by atoms with Gasteiger partial charge in [0.2, 0.25) is 0 Å². The van der Waals surface area contributed by atoms with E-state index in [0.717, 1.165) is 45.0 Å². The second kappa shape index (κ2) is 9.20. The molecule has 0 saturated carbocycles. The minimum absolute atomic E-state index is 0.128. The van der Waals surface area contributed by atoms with Crippen LogP contribution in [0.1, 0.15) is 22.4 Å². The standard InChI is InChI=1S/C29H25N3OS/c1-19-14-20(2)16-24(15-19)30-29-31-28(33)26(34-29)18-23-17-21(3)32(25-12-8-5-9-13-25)27(23)22-10-6-4-7-11-22/h4-18H,1-3H3,(H,30,31,33)/b26-18-. The summed E-state index contributed by atoms with van der Waals surface area (Å²) >= 11 is 1.38. The summed E-state index contributed by atoms with van der Waals surface area (Å²) in [6.45, 7) is 6.19. The highest BCUT2D eigenvalue weighted by Crippen LogP contribution is 2.35. The highest BCUT2D eigenvalue weighted by molar-refractivity contribution is 8.18. The van der Waals surface area contributed by atoms with Crippen LogP contribution in [-0.2, 0) is 4.79 Å². The third kappa shape index (κ3) is 4.47. The fourth-order valence-electron chi connectivity index (χ4n) is 4.33. The fourth-order valence-corrected chi connectivity index (χ4v) is 5.16. The van der Waals surface area contributed by atoms with E-state index < -0.39 is 0 Å². The third-order valence-electron chi connectivity index (χ3n) is 5.65. The van der Waals surface area contributed by atoms with Gasteiger partial charge >= 0.3 is 0 Å². The minimum Gasteiger partial charge on any atom is -0.313 e. The number of hydrogen-bond donors (Lipinski definition) is 1. The summed E-state index contributed by atoms with van der Waals surface area (Å²) in [7, 11) is 0. The molecule has 5 rings (SSSR count). The van der Waals surface area contributed by atoms with Crippen molar-refractivity contribution >= 4 is 34.6 Å². The molecule has 3 aromatic carbocycles. The molecule has 1 saturated heterocycles. The maximum absolute atomic E-state index is 12.8. The molecule has 0 aliphatic carbocycles. The van der Waals surface area contributed by atoms with E-state index in [1.165, 1.54) is 11.8 Å². The first kappa shape index (κ1) is 22.0. The zero-order chi connectivity index (χ0) is 23.7. The Bertz CT molecular complexity index is 1410. The lowest BCUT2D eigenvalue weighted by atomic mass is 10.1. The van der Waals surface area contributed by atoms with E-state index in [1.807, 2.05) is 68.5 Å². The van der Waals surface area contributed by atoms with Crippen molar-refractivity contribution in [2.75, 3.05) is 0 Å². The van der Waals surface area contributed by atoms with Gasteiger partial charge in [-0.3, -0.25) is 4.79 Å². The molecular weight excluding hydrogens is 438 g/mol. The number of amidine groups is 1. The molecule has 0 spiro atoms. The number of nitrogens with zero attached hydrogens (tertiary/aromatic N) is 2. The van der Waals surface area contributed by atoms with Gasteiger partial charge in [-0.05, 0) is 85.6 Å². The number of thioether (sulfide) groups is 1. The number of nitrogens with one attached hydrogen (secondary N) is 1. The predicted molar refractivity (Wildman–Crippen MR) is 143 cm³/mol. The number of carbonyl (C=O) groups excluding carboxylic acids is 1. The molecule has 1 N–H and O–H groups in total. The van der Waals surface area contributed by atoms with Gasteiger partial charge < -0.3 is 9.88 Å². The number of carbonyl (C=O) groups is 1. The molecule has 4 nitrogen and oxygen atoms in total. The van der Waals surface area contributed by atoms with Crippen LogP contribution in [0.4, 0.5) is 5.69 Å². The lowest BCUT2D eigenvalue weighted by Gasteiger charge is -2.13.